The maximum atomic E-state index is 11.3. The number of hydrogen-bond acceptors (Lipinski definition) is 4. The van der Waals surface area contributed by atoms with E-state index in [1.807, 2.05) is 13.8 Å². The topological polar surface area (TPSA) is 52.6 Å². The van der Waals surface area contributed by atoms with Crippen molar-refractivity contribution in [2.45, 2.75) is 66.2 Å². The summed E-state index contributed by atoms with van der Waals surface area (Å²) < 4.78 is 9.80. The second kappa shape index (κ2) is 9.82. The van der Waals surface area contributed by atoms with Crippen LogP contribution in [-0.4, -0.2) is 25.2 Å². The molecule has 0 aliphatic rings. The molecule has 0 atom stereocenters. The molecule has 0 aliphatic carbocycles. The van der Waals surface area contributed by atoms with Gasteiger partial charge in [0.1, 0.15) is 0 Å². The molecule has 0 aromatic rings. The Labute approximate surface area is 116 Å². The third-order valence-electron chi connectivity index (χ3n) is 3.10. The molecule has 0 aromatic heterocycles. The summed E-state index contributed by atoms with van der Waals surface area (Å²) >= 11 is 0. The molecule has 0 fully saturated rings. The van der Waals surface area contributed by atoms with Crippen LogP contribution in [0.4, 0.5) is 0 Å². The quantitative estimate of drug-likeness (QED) is 0.451. The molecular weight excluding hydrogens is 244 g/mol. The SMILES string of the molecule is CCOC(=O)CCCCC(C)(C)CCC(=O)OCC. The lowest BCUT2D eigenvalue weighted by Gasteiger charge is -2.24. The minimum Gasteiger partial charge on any atom is -0.466 e. The highest BCUT2D eigenvalue weighted by molar-refractivity contribution is 5.69. The summed E-state index contributed by atoms with van der Waals surface area (Å²) in [5.74, 6) is -0.242. The molecule has 112 valence electrons. The van der Waals surface area contributed by atoms with Crippen molar-refractivity contribution in [2.24, 2.45) is 5.41 Å². The predicted octanol–water partition coefficient (Wildman–Crippen LogP) is 3.48. The number of hydrogen-bond donors (Lipinski definition) is 0. The number of esters is 2. The van der Waals surface area contributed by atoms with Crippen LogP contribution in [0.3, 0.4) is 0 Å². The van der Waals surface area contributed by atoms with Crippen molar-refractivity contribution in [3.05, 3.63) is 0 Å². The van der Waals surface area contributed by atoms with Gasteiger partial charge in [-0.2, -0.15) is 0 Å². The highest BCUT2D eigenvalue weighted by Gasteiger charge is 2.19. The van der Waals surface area contributed by atoms with Crippen LogP contribution < -0.4 is 0 Å². The Morgan fingerprint density at radius 3 is 1.89 bits per heavy atom. The molecule has 0 rings (SSSR count). The Hall–Kier alpha value is -1.06. The molecule has 4 nitrogen and oxygen atoms in total. The Kier molecular flexibility index (Phi) is 9.27. The van der Waals surface area contributed by atoms with E-state index in [0.717, 1.165) is 25.7 Å². The molecule has 0 amide bonds. The first-order valence-electron chi connectivity index (χ1n) is 7.22. The lowest BCUT2D eigenvalue weighted by atomic mass is 9.82. The van der Waals surface area contributed by atoms with E-state index in [4.69, 9.17) is 9.47 Å². The summed E-state index contributed by atoms with van der Waals surface area (Å²) in [6, 6.07) is 0. The van der Waals surface area contributed by atoms with Crippen molar-refractivity contribution in [1.29, 1.82) is 0 Å². The molecule has 0 bridgehead atoms. The summed E-state index contributed by atoms with van der Waals surface area (Å²) in [7, 11) is 0. The Morgan fingerprint density at radius 2 is 1.37 bits per heavy atom. The molecule has 0 aliphatic heterocycles. The van der Waals surface area contributed by atoms with Crippen molar-refractivity contribution in [3.63, 3.8) is 0 Å². The van der Waals surface area contributed by atoms with Crippen LogP contribution in [0.2, 0.25) is 0 Å². The molecular formula is C15H28O4. The minimum absolute atomic E-state index is 0.113. The minimum atomic E-state index is -0.123. The monoisotopic (exact) mass is 272 g/mol. The fourth-order valence-electron chi connectivity index (χ4n) is 1.90. The predicted molar refractivity (Wildman–Crippen MR) is 74.7 cm³/mol. The maximum absolute atomic E-state index is 11.3. The van der Waals surface area contributed by atoms with Gasteiger partial charge in [-0.05, 0) is 38.5 Å². The first-order valence-corrected chi connectivity index (χ1v) is 7.22. The molecule has 0 unspecified atom stereocenters. The zero-order valence-corrected chi connectivity index (χ0v) is 12.8. The van der Waals surface area contributed by atoms with Gasteiger partial charge < -0.3 is 9.47 Å². The summed E-state index contributed by atoms with van der Waals surface area (Å²) in [4.78, 5) is 22.5. The van der Waals surface area contributed by atoms with Crippen LogP contribution in [0.1, 0.15) is 66.2 Å². The van der Waals surface area contributed by atoms with Crippen LogP contribution in [0, 0.1) is 5.41 Å². The zero-order chi connectivity index (χ0) is 14.7. The van der Waals surface area contributed by atoms with Gasteiger partial charge in [0.15, 0.2) is 0 Å². The third kappa shape index (κ3) is 10.5. The maximum Gasteiger partial charge on any atom is 0.305 e. The van der Waals surface area contributed by atoms with Crippen molar-refractivity contribution in [2.75, 3.05) is 13.2 Å². The van der Waals surface area contributed by atoms with Crippen LogP contribution in [-0.2, 0) is 19.1 Å². The molecule has 0 spiro atoms. The van der Waals surface area contributed by atoms with Crippen LogP contribution >= 0.6 is 0 Å². The van der Waals surface area contributed by atoms with Gasteiger partial charge in [-0.3, -0.25) is 9.59 Å². The Balaban J connectivity index is 3.72. The summed E-state index contributed by atoms with van der Waals surface area (Å²) in [5, 5.41) is 0. The van der Waals surface area contributed by atoms with E-state index in [2.05, 4.69) is 13.8 Å². The summed E-state index contributed by atoms with van der Waals surface area (Å²) in [6.45, 7) is 8.82. The van der Waals surface area contributed by atoms with E-state index in [0.29, 0.717) is 26.1 Å². The first kappa shape index (κ1) is 17.9. The van der Waals surface area contributed by atoms with Gasteiger partial charge in [-0.25, -0.2) is 0 Å². The number of unbranched alkanes of at least 4 members (excludes halogenated alkanes) is 1. The largest absolute Gasteiger partial charge is 0.466 e. The zero-order valence-electron chi connectivity index (χ0n) is 12.8. The second-order valence-corrected chi connectivity index (χ2v) is 5.48. The number of carbonyl (C=O) groups is 2. The average molecular weight is 272 g/mol. The van der Waals surface area contributed by atoms with Gasteiger partial charge in [0.25, 0.3) is 0 Å². The van der Waals surface area contributed by atoms with E-state index in [-0.39, 0.29) is 17.4 Å². The van der Waals surface area contributed by atoms with Gasteiger partial charge in [0.05, 0.1) is 13.2 Å². The normalized spacial score (nSPS) is 11.2. The van der Waals surface area contributed by atoms with Crippen LogP contribution in [0.15, 0.2) is 0 Å². The van der Waals surface area contributed by atoms with Crippen molar-refractivity contribution < 1.29 is 19.1 Å². The standard InChI is InChI=1S/C15H28O4/c1-5-18-13(16)9-7-8-11-15(3,4)12-10-14(17)19-6-2/h5-12H2,1-4H3. The molecule has 0 aromatic carbocycles. The van der Waals surface area contributed by atoms with Gasteiger partial charge in [0, 0.05) is 12.8 Å². The molecule has 0 heterocycles. The Bertz CT molecular complexity index is 271. The van der Waals surface area contributed by atoms with Crippen LogP contribution in [0.5, 0.6) is 0 Å². The Morgan fingerprint density at radius 1 is 0.842 bits per heavy atom. The summed E-state index contributed by atoms with van der Waals surface area (Å²) in [5.41, 5.74) is 0.113. The fraction of sp³-hybridized carbons (Fsp3) is 0.867. The van der Waals surface area contributed by atoms with Crippen molar-refractivity contribution >= 4 is 11.9 Å². The highest BCUT2D eigenvalue weighted by Crippen LogP contribution is 2.29. The number of rotatable bonds is 10. The summed E-state index contributed by atoms with van der Waals surface area (Å²) in [6.07, 6.45) is 4.62. The fourth-order valence-corrected chi connectivity index (χ4v) is 1.90. The van der Waals surface area contributed by atoms with Gasteiger partial charge in [-0.15, -0.1) is 0 Å². The van der Waals surface area contributed by atoms with Gasteiger partial charge in [-0.1, -0.05) is 20.3 Å². The molecule has 0 saturated heterocycles. The number of ether oxygens (including phenoxy) is 2. The van der Waals surface area contributed by atoms with E-state index in [9.17, 15) is 9.59 Å². The lowest BCUT2D eigenvalue weighted by molar-refractivity contribution is -0.144. The molecule has 4 heteroatoms. The van der Waals surface area contributed by atoms with Gasteiger partial charge >= 0.3 is 11.9 Å². The highest BCUT2D eigenvalue weighted by atomic mass is 16.5. The van der Waals surface area contributed by atoms with Crippen molar-refractivity contribution in [1.82, 2.24) is 0 Å². The van der Waals surface area contributed by atoms with Gasteiger partial charge in [0.2, 0.25) is 0 Å². The molecule has 0 saturated carbocycles. The third-order valence-corrected chi connectivity index (χ3v) is 3.10. The van der Waals surface area contributed by atoms with Crippen molar-refractivity contribution in [3.8, 4) is 0 Å². The number of carbonyl (C=O) groups excluding carboxylic acids is 2. The van der Waals surface area contributed by atoms with E-state index in [1.54, 1.807) is 0 Å². The van der Waals surface area contributed by atoms with E-state index in [1.165, 1.54) is 0 Å². The van der Waals surface area contributed by atoms with E-state index < -0.39 is 0 Å². The smallest absolute Gasteiger partial charge is 0.305 e. The average Bonchev–Trinajstić information content (AvgIpc) is 2.33. The van der Waals surface area contributed by atoms with Crippen LogP contribution in [0.25, 0.3) is 0 Å². The lowest BCUT2D eigenvalue weighted by Crippen LogP contribution is -2.15. The molecule has 0 N–H and O–H groups in total. The molecule has 19 heavy (non-hydrogen) atoms. The second-order valence-electron chi connectivity index (χ2n) is 5.48. The molecule has 0 radical (unpaired) electrons. The van der Waals surface area contributed by atoms with E-state index >= 15 is 0 Å². The first-order chi connectivity index (χ1) is 8.91.